The van der Waals surface area contributed by atoms with E-state index in [1.165, 1.54) is 77.5 Å². The Hall–Kier alpha value is -6.22. The van der Waals surface area contributed by atoms with E-state index in [2.05, 4.69) is 237 Å². The van der Waals surface area contributed by atoms with Crippen LogP contribution in [0.1, 0.15) is 0 Å². The Morgan fingerprint density at radius 3 is 0.873 bits per heavy atom. The molecule has 0 aromatic heterocycles. The van der Waals surface area contributed by atoms with E-state index in [4.69, 9.17) is 0 Å². The molecule has 1 radical (unpaired) electrons. The van der Waals surface area contributed by atoms with E-state index in [1.807, 2.05) is 0 Å². The van der Waals surface area contributed by atoms with E-state index in [-0.39, 0.29) is 0 Å². The minimum absolute atomic E-state index is 1.20. The van der Waals surface area contributed by atoms with E-state index in [0.717, 1.165) is 0 Å². The van der Waals surface area contributed by atoms with Crippen LogP contribution in [-0.4, -0.2) is 19.8 Å². The second-order valence-corrected chi connectivity index (χ2v) is 20.5. The van der Waals surface area contributed by atoms with Crippen molar-refractivity contribution >= 4 is 30.5 Å². The first kappa shape index (κ1) is 34.5. The van der Waals surface area contributed by atoms with E-state index in [9.17, 15) is 0 Å². The number of hydrogen-bond acceptors (Lipinski definition) is 0. The van der Waals surface area contributed by atoms with Crippen molar-refractivity contribution in [1.82, 2.24) is 0 Å². The summed E-state index contributed by atoms with van der Waals surface area (Å²) < 4.78 is 4.38. The molecule has 9 aromatic carbocycles. The molecule has 0 nitrogen and oxygen atoms in total. The van der Waals surface area contributed by atoms with Gasteiger partial charge in [0.25, 0.3) is 0 Å². The van der Waals surface area contributed by atoms with Crippen molar-refractivity contribution in [3.8, 4) is 66.8 Å². The van der Waals surface area contributed by atoms with Crippen LogP contribution in [0, 0.1) is 0 Å². The van der Waals surface area contributed by atoms with Crippen molar-refractivity contribution < 1.29 is 0 Å². The molecule has 0 aliphatic carbocycles. The van der Waals surface area contributed by atoms with Crippen molar-refractivity contribution in [3.63, 3.8) is 0 Å². The third-order valence-electron chi connectivity index (χ3n) is 10.4. The Bertz CT molecular complexity index is 2540. The van der Waals surface area contributed by atoms with Crippen LogP contribution in [0.4, 0.5) is 0 Å². The molecule has 0 bridgehead atoms. The number of benzene rings is 9. The molecule has 1 heteroatoms. The molecule has 0 atom stereocenters. The van der Waals surface area contributed by atoms with E-state index < -0.39 is 19.8 Å². The van der Waals surface area contributed by atoms with Gasteiger partial charge in [-0.25, -0.2) is 0 Å². The molecule has 0 amide bonds. The monoisotopic (exact) mass is 807 g/mol. The number of rotatable bonds is 9. The average molecular weight is 807 g/mol. The first-order chi connectivity index (χ1) is 27.4. The van der Waals surface area contributed by atoms with E-state index in [1.54, 1.807) is 0 Å². The van der Waals surface area contributed by atoms with Gasteiger partial charge < -0.3 is 0 Å². The van der Waals surface area contributed by atoms with Gasteiger partial charge in [-0.2, -0.15) is 0 Å². The molecule has 0 spiro atoms. The zero-order chi connectivity index (χ0) is 36.8. The van der Waals surface area contributed by atoms with Crippen LogP contribution in [-0.2, 0) is 0 Å². The molecule has 0 saturated heterocycles. The summed E-state index contributed by atoms with van der Waals surface area (Å²) in [4.78, 5) is 0. The Morgan fingerprint density at radius 1 is 0.218 bits per heavy atom. The summed E-state index contributed by atoms with van der Waals surface area (Å²) in [5, 5.41) is 0. The van der Waals surface area contributed by atoms with Crippen molar-refractivity contribution in [2.45, 2.75) is 0 Å². The van der Waals surface area contributed by atoms with Crippen LogP contribution in [0.2, 0.25) is 0 Å². The summed E-state index contributed by atoms with van der Waals surface area (Å²) in [5.41, 5.74) is 15.1. The molecular formula is C54H39Sn. The summed E-state index contributed by atoms with van der Waals surface area (Å²) in [6, 6.07) is 87.3. The van der Waals surface area contributed by atoms with E-state index in [0.29, 0.717) is 0 Å². The summed E-state index contributed by atoms with van der Waals surface area (Å²) in [5.74, 6) is 0. The topological polar surface area (TPSA) is 0 Å². The van der Waals surface area contributed by atoms with Crippen molar-refractivity contribution in [3.05, 3.63) is 237 Å². The molecule has 259 valence electrons. The van der Waals surface area contributed by atoms with Gasteiger partial charge in [-0.05, 0) is 0 Å². The third kappa shape index (κ3) is 6.86. The average Bonchev–Trinajstić information content (AvgIpc) is 3.28. The normalized spacial score (nSPS) is 11.1. The van der Waals surface area contributed by atoms with Crippen LogP contribution in [0.15, 0.2) is 237 Å². The first-order valence-electron chi connectivity index (χ1n) is 19.0. The van der Waals surface area contributed by atoms with Gasteiger partial charge in [-0.3, -0.25) is 0 Å². The molecule has 0 N–H and O–H groups in total. The number of hydrogen-bond donors (Lipinski definition) is 0. The summed E-state index contributed by atoms with van der Waals surface area (Å²) in [6.45, 7) is 0. The standard InChI is InChI=1S/C36H25.C12H9.C6H5.Sn/c1-6-16-27(17-7-1)32-26-33(28-18-8-2-9-19-28)35(30-22-12-4-13-23-30)36(31-24-14-5-15-25-31)34(32)29-20-10-3-11-21-29;1-3-7-11(8-4-1)12-9-5-2-6-10-12;1-2-4-6-5-3-1;/h1-25H;1-9H;1-5H;. The fourth-order valence-electron chi connectivity index (χ4n) is 8.08. The van der Waals surface area contributed by atoms with Crippen molar-refractivity contribution in [2.24, 2.45) is 0 Å². The van der Waals surface area contributed by atoms with Gasteiger partial charge in [0, 0.05) is 0 Å². The zero-order valence-corrected chi connectivity index (χ0v) is 33.4. The van der Waals surface area contributed by atoms with Crippen LogP contribution >= 0.6 is 0 Å². The van der Waals surface area contributed by atoms with Crippen molar-refractivity contribution in [2.75, 3.05) is 0 Å². The molecule has 9 rings (SSSR count). The van der Waals surface area contributed by atoms with Gasteiger partial charge in [-0.15, -0.1) is 0 Å². The van der Waals surface area contributed by atoms with Crippen molar-refractivity contribution in [1.29, 1.82) is 0 Å². The van der Waals surface area contributed by atoms with Gasteiger partial charge in [-0.1, -0.05) is 0 Å². The first-order valence-corrected chi connectivity index (χ1v) is 23.2. The van der Waals surface area contributed by atoms with Crippen LogP contribution in [0.5, 0.6) is 0 Å². The third-order valence-corrected chi connectivity index (χ3v) is 18.6. The maximum absolute atomic E-state index is 3.27. The zero-order valence-electron chi connectivity index (χ0n) is 30.5. The van der Waals surface area contributed by atoms with Crippen LogP contribution < -0.4 is 10.7 Å². The maximum atomic E-state index is 2.43. The predicted octanol–water partition coefficient (Wildman–Crippen LogP) is 12.2. The Balaban J connectivity index is 1.59. The fraction of sp³-hybridized carbons (Fsp3) is 0. The molecule has 0 saturated carbocycles. The summed E-state index contributed by atoms with van der Waals surface area (Å²) >= 11 is -3.27. The molecule has 0 aliphatic heterocycles. The molecular weight excluding hydrogens is 767 g/mol. The predicted molar refractivity (Wildman–Crippen MR) is 237 cm³/mol. The quantitative estimate of drug-likeness (QED) is 0.128. The molecule has 0 unspecified atom stereocenters. The Labute approximate surface area is 331 Å². The second-order valence-electron chi connectivity index (χ2n) is 13.7. The molecule has 55 heavy (non-hydrogen) atoms. The molecule has 0 heterocycles. The van der Waals surface area contributed by atoms with Gasteiger partial charge in [0.1, 0.15) is 0 Å². The summed E-state index contributed by atoms with van der Waals surface area (Å²) in [6.07, 6.45) is 0. The van der Waals surface area contributed by atoms with E-state index >= 15 is 0 Å². The van der Waals surface area contributed by atoms with Crippen LogP contribution in [0.3, 0.4) is 0 Å². The minimum atomic E-state index is -3.27. The molecule has 9 aromatic rings. The van der Waals surface area contributed by atoms with Gasteiger partial charge in [0.2, 0.25) is 0 Å². The fourth-order valence-corrected chi connectivity index (χ4v) is 17.2. The van der Waals surface area contributed by atoms with Gasteiger partial charge >= 0.3 is 334 Å². The SMILES string of the molecule is c1ccc(-c2cccc[c]2[Sn]([c]2ccccc2)[c]2c(-c3ccccc3)c(-c3ccccc3)c(-c3ccccc3)c(-c3ccccc3)c2-c2ccccc2)cc1. The van der Waals surface area contributed by atoms with Gasteiger partial charge in [0.15, 0.2) is 0 Å². The second kappa shape index (κ2) is 16.0. The Morgan fingerprint density at radius 2 is 0.491 bits per heavy atom. The summed E-state index contributed by atoms with van der Waals surface area (Å²) in [7, 11) is 0. The Kier molecular flexibility index (Phi) is 10.1. The van der Waals surface area contributed by atoms with Crippen LogP contribution in [0.25, 0.3) is 66.8 Å². The van der Waals surface area contributed by atoms with Gasteiger partial charge in [0.05, 0.1) is 0 Å². The molecule has 0 fully saturated rings. The molecule has 0 aliphatic rings.